The molecule has 0 radical (unpaired) electrons. The van der Waals surface area contributed by atoms with Gasteiger partial charge in [-0.15, -0.1) is 11.3 Å². The quantitative estimate of drug-likeness (QED) is 0.419. The van der Waals surface area contributed by atoms with E-state index in [2.05, 4.69) is 15.6 Å². The zero-order chi connectivity index (χ0) is 22.5. The third kappa shape index (κ3) is 5.57. The number of aromatic nitrogens is 1. The molecule has 31 heavy (non-hydrogen) atoms. The van der Waals surface area contributed by atoms with Crippen molar-refractivity contribution >= 4 is 28.8 Å². The highest BCUT2D eigenvalue weighted by atomic mass is 32.1. The number of thiazole rings is 1. The predicted molar refractivity (Wildman–Crippen MR) is 105 cm³/mol. The molecule has 0 bridgehead atoms. The smallest absolute Gasteiger partial charge is 0.263 e. The molecule has 2 aromatic carbocycles. The number of ether oxygens (including phenoxy) is 1. The van der Waals surface area contributed by atoms with Gasteiger partial charge in [0.1, 0.15) is 28.1 Å². The third-order valence-electron chi connectivity index (χ3n) is 3.94. The Kier molecular flexibility index (Phi) is 6.85. The van der Waals surface area contributed by atoms with Gasteiger partial charge in [-0.3, -0.25) is 9.59 Å². The van der Waals surface area contributed by atoms with Gasteiger partial charge in [0.15, 0.2) is 17.5 Å². The Morgan fingerprint density at radius 2 is 1.74 bits per heavy atom. The van der Waals surface area contributed by atoms with Crippen molar-refractivity contribution in [2.75, 3.05) is 11.9 Å². The number of hydrogen-bond acceptors (Lipinski definition) is 5. The molecule has 0 aliphatic rings. The normalized spacial score (nSPS) is 10.6. The van der Waals surface area contributed by atoms with Crippen molar-refractivity contribution in [2.24, 2.45) is 0 Å². The number of anilines is 1. The largest absolute Gasteiger partial charge is 0.486 e. The van der Waals surface area contributed by atoms with Crippen LogP contribution in [0.25, 0.3) is 0 Å². The van der Waals surface area contributed by atoms with Crippen molar-refractivity contribution < 1.29 is 31.9 Å². The maximum Gasteiger partial charge on any atom is 0.263 e. The molecule has 0 aliphatic heterocycles. The molecule has 0 saturated carbocycles. The summed E-state index contributed by atoms with van der Waals surface area (Å²) in [7, 11) is 0. The first kappa shape index (κ1) is 22.2. The van der Waals surface area contributed by atoms with Gasteiger partial charge in [0.05, 0.1) is 17.9 Å². The Morgan fingerprint density at radius 1 is 1.03 bits per heavy atom. The maximum atomic E-state index is 13.6. The lowest BCUT2D eigenvalue weighted by molar-refractivity contribution is -0.115. The van der Waals surface area contributed by atoms with Crippen LogP contribution in [0.3, 0.4) is 0 Å². The lowest BCUT2D eigenvalue weighted by Gasteiger charge is -2.08. The molecule has 0 saturated heterocycles. The van der Waals surface area contributed by atoms with Crippen LogP contribution in [0.2, 0.25) is 0 Å². The zero-order valence-electron chi connectivity index (χ0n) is 16.0. The molecule has 0 aliphatic carbocycles. The zero-order valence-corrected chi connectivity index (χ0v) is 16.8. The SMILES string of the molecule is Cc1nc(COc2ccc(F)cc2)sc1C(=O)NCC(=O)Nc1ccc(F)c(F)c1F. The maximum absolute atomic E-state index is 13.6. The highest BCUT2D eigenvalue weighted by Gasteiger charge is 2.18. The standard InChI is InChI=1S/C20H15F4N3O3S/c1-10-19(31-16(26-10)9-30-12-4-2-11(21)3-5-12)20(29)25-8-15(28)27-14-7-6-13(22)17(23)18(14)24/h2-7H,8-9H2,1H3,(H,25,29)(H,27,28). The Morgan fingerprint density at radius 3 is 2.45 bits per heavy atom. The van der Waals surface area contributed by atoms with E-state index in [1.807, 2.05) is 0 Å². The summed E-state index contributed by atoms with van der Waals surface area (Å²) in [6, 6.07) is 6.95. The summed E-state index contributed by atoms with van der Waals surface area (Å²) in [6.45, 7) is 1.12. The van der Waals surface area contributed by atoms with Crippen molar-refractivity contribution in [1.29, 1.82) is 0 Å². The van der Waals surface area contributed by atoms with E-state index in [-0.39, 0.29) is 11.5 Å². The molecule has 0 atom stereocenters. The first-order valence-corrected chi connectivity index (χ1v) is 9.62. The second kappa shape index (κ2) is 9.56. The molecule has 0 spiro atoms. The highest BCUT2D eigenvalue weighted by molar-refractivity contribution is 7.13. The Labute approximate surface area is 177 Å². The minimum atomic E-state index is -1.71. The average Bonchev–Trinajstić information content (AvgIpc) is 3.12. The number of halogens is 4. The summed E-state index contributed by atoms with van der Waals surface area (Å²) in [4.78, 5) is 28.7. The number of nitrogens with zero attached hydrogens (tertiary/aromatic N) is 1. The number of rotatable bonds is 7. The lowest BCUT2D eigenvalue weighted by Crippen LogP contribution is -2.33. The molecule has 3 aromatic rings. The van der Waals surface area contributed by atoms with E-state index in [0.29, 0.717) is 22.5 Å². The molecule has 162 valence electrons. The van der Waals surface area contributed by atoms with Gasteiger partial charge in [0.25, 0.3) is 5.91 Å². The van der Waals surface area contributed by atoms with Crippen LogP contribution in [0.1, 0.15) is 20.4 Å². The van der Waals surface area contributed by atoms with E-state index >= 15 is 0 Å². The minimum absolute atomic E-state index is 0.0559. The summed E-state index contributed by atoms with van der Waals surface area (Å²) in [5.41, 5.74) is -0.139. The molecule has 3 rings (SSSR count). The van der Waals surface area contributed by atoms with Crippen molar-refractivity contribution in [3.05, 3.63) is 75.2 Å². The molecule has 6 nitrogen and oxygen atoms in total. The molecule has 11 heteroatoms. The monoisotopic (exact) mass is 453 g/mol. The van der Waals surface area contributed by atoms with Crippen LogP contribution in [0, 0.1) is 30.2 Å². The van der Waals surface area contributed by atoms with Crippen molar-refractivity contribution in [2.45, 2.75) is 13.5 Å². The summed E-state index contributed by atoms with van der Waals surface area (Å²) < 4.78 is 58.1. The van der Waals surface area contributed by atoms with Gasteiger partial charge in [-0.05, 0) is 43.3 Å². The van der Waals surface area contributed by atoms with Gasteiger partial charge in [-0.25, -0.2) is 22.5 Å². The number of aryl methyl sites for hydroxylation is 1. The summed E-state index contributed by atoms with van der Waals surface area (Å²) in [5, 5.41) is 4.88. The number of carbonyl (C=O) groups is 2. The topological polar surface area (TPSA) is 80.3 Å². The Balaban J connectivity index is 1.55. The highest BCUT2D eigenvalue weighted by Crippen LogP contribution is 2.21. The first-order valence-electron chi connectivity index (χ1n) is 8.81. The molecule has 0 unspecified atom stereocenters. The second-order valence-corrected chi connectivity index (χ2v) is 7.30. The molecular weight excluding hydrogens is 438 g/mol. The number of nitrogens with one attached hydrogen (secondary N) is 2. The molecule has 0 fully saturated rings. The molecule has 1 aromatic heterocycles. The Hall–Kier alpha value is -3.47. The van der Waals surface area contributed by atoms with Crippen LogP contribution in [0.5, 0.6) is 5.75 Å². The molecule has 1 heterocycles. The third-order valence-corrected chi connectivity index (χ3v) is 5.07. The second-order valence-electron chi connectivity index (χ2n) is 6.22. The molecule has 2 amide bonds. The van der Waals surface area contributed by atoms with Gasteiger partial charge < -0.3 is 15.4 Å². The van der Waals surface area contributed by atoms with Crippen molar-refractivity contribution in [3.8, 4) is 5.75 Å². The average molecular weight is 453 g/mol. The van der Waals surface area contributed by atoms with Crippen LogP contribution in [0.4, 0.5) is 23.2 Å². The lowest BCUT2D eigenvalue weighted by atomic mass is 10.2. The fourth-order valence-corrected chi connectivity index (χ4v) is 3.35. The van der Waals surface area contributed by atoms with Gasteiger partial charge >= 0.3 is 0 Å². The fourth-order valence-electron chi connectivity index (χ4n) is 2.46. The van der Waals surface area contributed by atoms with Crippen LogP contribution >= 0.6 is 11.3 Å². The summed E-state index contributed by atoms with van der Waals surface area (Å²) in [6.07, 6.45) is 0. The van der Waals surface area contributed by atoms with Crippen LogP contribution < -0.4 is 15.4 Å². The fraction of sp³-hybridized carbons (Fsp3) is 0.150. The van der Waals surface area contributed by atoms with Crippen LogP contribution in [-0.4, -0.2) is 23.3 Å². The number of carbonyl (C=O) groups excluding carboxylic acids is 2. The summed E-state index contributed by atoms with van der Waals surface area (Å²) >= 11 is 1.05. The van der Waals surface area contributed by atoms with E-state index in [1.54, 1.807) is 6.92 Å². The van der Waals surface area contributed by atoms with Crippen molar-refractivity contribution in [3.63, 3.8) is 0 Å². The molecular formula is C20H15F4N3O3S. The summed E-state index contributed by atoms with van der Waals surface area (Å²) in [5.74, 6) is -6.02. The van der Waals surface area contributed by atoms with Crippen LogP contribution in [-0.2, 0) is 11.4 Å². The predicted octanol–water partition coefficient (Wildman–Crippen LogP) is 3.96. The first-order chi connectivity index (χ1) is 14.7. The van der Waals surface area contributed by atoms with E-state index in [0.717, 1.165) is 17.4 Å². The number of amides is 2. The van der Waals surface area contributed by atoms with Crippen molar-refractivity contribution in [1.82, 2.24) is 10.3 Å². The minimum Gasteiger partial charge on any atom is -0.486 e. The van der Waals surface area contributed by atoms with Gasteiger partial charge in [0.2, 0.25) is 5.91 Å². The number of hydrogen-bond donors (Lipinski definition) is 2. The number of benzene rings is 2. The Bertz CT molecular complexity index is 1120. The molecule has 2 N–H and O–H groups in total. The van der Waals surface area contributed by atoms with Gasteiger partial charge in [0, 0.05) is 0 Å². The van der Waals surface area contributed by atoms with E-state index in [1.165, 1.54) is 24.3 Å². The van der Waals surface area contributed by atoms with E-state index in [4.69, 9.17) is 4.74 Å². The van der Waals surface area contributed by atoms with E-state index in [9.17, 15) is 27.2 Å². The van der Waals surface area contributed by atoms with Crippen LogP contribution in [0.15, 0.2) is 36.4 Å². The van der Waals surface area contributed by atoms with E-state index < -0.39 is 47.3 Å². The van der Waals surface area contributed by atoms with Gasteiger partial charge in [-0.2, -0.15) is 0 Å². The van der Waals surface area contributed by atoms with Gasteiger partial charge in [-0.1, -0.05) is 0 Å².